The standard InChI is InChI=1S/C27H32N4O5/c1-4-6-18-9-11-19(12-10-18)24-28-23(30-36-24)21-7-5-8-22-20(21)13-14-31(22)15-27(29-25(32)33)16-34-26(2,3)35-17-27/h5,7-12,29H,4,6,13-17H2,1-3H3,(H,32,33). The lowest BCUT2D eigenvalue weighted by atomic mass is 9.99. The number of anilines is 1. The van der Waals surface area contributed by atoms with Crippen LogP contribution in [0.1, 0.15) is 38.3 Å². The maximum Gasteiger partial charge on any atom is 0.405 e. The summed E-state index contributed by atoms with van der Waals surface area (Å²) in [5.74, 6) is 0.293. The number of ether oxygens (including phenoxy) is 2. The van der Waals surface area contributed by atoms with Crippen LogP contribution in [0.3, 0.4) is 0 Å². The third kappa shape index (κ3) is 4.94. The van der Waals surface area contributed by atoms with Crippen molar-refractivity contribution in [2.75, 3.05) is 31.2 Å². The van der Waals surface area contributed by atoms with Crippen LogP contribution in [0, 0.1) is 0 Å². The number of carboxylic acid groups (broad SMARTS) is 1. The number of benzene rings is 2. The van der Waals surface area contributed by atoms with Crippen molar-refractivity contribution in [2.45, 2.75) is 51.4 Å². The summed E-state index contributed by atoms with van der Waals surface area (Å²) in [6.45, 7) is 7.43. The minimum atomic E-state index is -1.10. The van der Waals surface area contributed by atoms with E-state index in [9.17, 15) is 9.90 Å². The number of aromatic nitrogens is 2. The minimum Gasteiger partial charge on any atom is -0.465 e. The van der Waals surface area contributed by atoms with E-state index in [0.29, 0.717) is 18.3 Å². The summed E-state index contributed by atoms with van der Waals surface area (Å²) in [4.78, 5) is 18.5. The molecular weight excluding hydrogens is 460 g/mol. The Morgan fingerprint density at radius 2 is 1.89 bits per heavy atom. The smallest absolute Gasteiger partial charge is 0.405 e. The van der Waals surface area contributed by atoms with E-state index in [1.165, 1.54) is 5.56 Å². The molecule has 36 heavy (non-hydrogen) atoms. The van der Waals surface area contributed by atoms with Crippen molar-refractivity contribution in [2.24, 2.45) is 0 Å². The van der Waals surface area contributed by atoms with Gasteiger partial charge in [0, 0.05) is 29.9 Å². The van der Waals surface area contributed by atoms with Gasteiger partial charge in [-0.05, 0) is 56.0 Å². The molecule has 1 saturated heterocycles. The molecule has 1 aromatic heterocycles. The number of carbonyl (C=O) groups is 1. The van der Waals surface area contributed by atoms with Crippen molar-refractivity contribution in [3.8, 4) is 22.8 Å². The first kappa shape index (κ1) is 24.3. The average molecular weight is 493 g/mol. The van der Waals surface area contributed by atoms with Gasteiger partial charge in [-0.15, -0.1) is 0 Å². The van der Waals surface area contributed by atoms with Crippen molar-refractivity contribution in [3.63, 3.8) is 0 Å². The fraction of sp³-hybridized carbons (Fsp3) is 0.444. The van der Waals surface area contributed by atoms with Crippen molar-refractivity contribution in [1.29, 1.82) is 0 Å². The third-order valence-corrected chi connectivity index (χ3v) is 6.79. The molecule has 2 aromatic carbocycles. The van der Waals surface area contributed by atoms with Gasteiger partial charge in [-0.2, -0.15) is 4.98 Å². The topological polar surface area (TPSA) is 110 Å². The summed E-state index contributed by atoms with van der Waals surface area (Å²) in [5.41, 5.74) is 4.37. The van der Waals surface area contributed by atoms with Gasteiger partial charge in [0.1, 0.15) is 5.54 Å². The molecular formula is C27H32N4O5. The van der Waals surface area contributed by atoms with Gasteiger partial charge in [0.15, 0.2) is 5.79 Å². The molecule has 3 heterocycles. The monoisotopic (exact) mass is 492 g/mol. The Kier molecular flexibility index (Phi) is 6.44. The Labute approximate surface area is 210 Å². The fourth-order valence-corrected chi connectivity index (χ4v) is 4.93. The molecule has 5 rings (SSSR count). The van der Waals surface area contributed by atoms with E-state index in [0.717, 1.165) is 48.2 Å². The predicted molar refractivity (Wildman–Crippen MR) is 135 cm³/mol. The first-order valence-electron chi connectivity index (χ1n) is 12.4. The summed E-state index contributed by atoms with van der Waals surface area (Å²) in [6.07, 6.45) is 1.84. The van der Waals surface area contributed by atoms with E-state index in [4.69, 9.17) is 14.0 Å². The molecule has 0 atom stereocenters. The lowest BCUT2D eigenvalue weighted by Gasteiger charge is -2.45. The maximum absolute atomic E-state index is 11.6. The number of amides is 1. The highest BCUT2D eigenvalue weighted by Crippen LogP contribution is 2.37. The second-order valence-electron chi connectivity index (χ2n) is 10.0. The molecule has 2 aliphatic rings. The Morgan fingerprint density at radius 1 is 1.14 bits per heavy atom. The SMILES string of the molecule is CCCc1ccc(-c2nc(-c3cccc4c3CCN4CC3(NC(=O)O)COC(C)(C)OC3)no2)cc1. The minimum absolute atomic E-state index is 0.225. The van der Waals surface area contributed by atoms with Crippen LogP contribution in [-0.4, -0.2) is 59.0 Å². The van der Waals surface area contributed by atoms with Gasteiger partial charge in [0.25, 0.3) is 5.89 Å². The summed E-state index contributed by atoms with van der Waals surface area (Å²) in [6, 6.07) is 14.2. The summed E-state index contributed by atoms with van der Waals surface area (Å²) >= 11 is 0. The second-order valence-corrected chi connectivity index (χ2v) is 10.0. The predicted octanol–water partition coefficient (Wildman–Crippen LogP) is 4.51. The molecule has 190 valence electrons. The van der Waals surface area contributed by atoms with Crippen LogP contribution in [0.4, 0.5) is 10.5 Å². The summed E-state index contributed by atoms with van der Waals surface area (Å²) < 4.78 is 17.3. The van der Waals surface area contributed by atoms with Gasteiger partial charge in [0.05, 0.1) is 13.2 Å². The van der Waals surface area contributed by atoms with Crippen molar-refractivity contribution >= 4 is 11.8 Å². The molecule has 0 radical (unpaired) electrons. The molecule has 0 unspecified atom stereocenters. The lowest BCUT2D eigenvalue weighted by Crippen LogP contribution is -2.65. The molecule has 9 heteroatoms. The Hall–Kier alpha value is -3.43. The first-order valence-corrected chi connectivity index (χ1v) is 12.4. The first-order chi connectivity index (χ1) is 17.3. The molecule has 0 spiro atoms. The van der Waals surface area contributed by atoms with Crippen LogP contribution in [0.25, 0.3) is 22.8 Å². The lowest BCUT2D eigenvalue weighted by molar-refractivity contribution is -0.268. The second kappa shape index (κ2) is 9.55. The van der Waals surface area contributed by atoms with Gasteiger partial charge in [-0.25, -0.2) is 4.79 Å². The van der Waals surface area contributed by atoms with E-state index in [1.807, 2.05) is 44.2 Å². The number of rotatable bonds is 7. The van der Waals surface area contributed by atoms with Crippen LogP contribution in [0.5, 0.6) is 0 Å². The van der Waals surface area contributed by atoms with Gasteiger partial charge in [-0.1, -0.05) is 42.8 Å². The quantitative estimate of drug-likeness (QED) is 0.496. The van der Waals surface area contributed by atoms with E-state index in [1.54, 1.807) is 0 Å². The number of nitrogens with zero attached hydrogens (tertiary/aromatic N) is 3. The molecule has 9 nitrogen and oxygen atoms in total. The molecule has 1 amide bonds. The van der Waals surface area contributed by atoms with Crippen molar-refractivity contribution in [1.82, 2.24) is 15.5 Å². The van der Waals surface area contributed by atoms with Crippen molar-refractivity contribution < 1.29 is 23.9 Å². The largest absolute Gasteiger partial charge is 0.465 e. The number of fused-ring (bicyclic) bond motifs is 1. The average Bonchev–Trinajstić information content (AvgIpc) is 3.49. The van der Waals surface area contributed by atoms with E-state index < -0.39 is 17.4 Å². The number of hydrogen-bond acceptors (Lipinski definition) is 7. The normalized spacial score (nSPS) is 18.1. The molecule has 2 N–H and O–H groups in total. The molecule has 3 aromatic rings. The number of aryl methyl sites for hydroxylation is 1. The van der Waals surface area contributed by atoms with Crippen LogP contribution >= 0.6 is 0 Å². The highest BCUT2D eigenvalue weighted by molar-refractivity contribution is 5.74. The van der Waals surface area contributed by atoms with E-state index in [-0.39, 0.29) is 13.2 Å². The zero-order valence-electron chi connectivity index (χ0n) is 20.9. The van der Waals surface area contributed by atoms with Gasteiger partial charge in [0.2, 0.25) is 5.82 Å². The maximum atomic E-state index is 11.6. The Balaban J connectivity index is 1.38. The molecule has 0 bridgehead atoms. The van der Waals surface area contributed by atoms with Gasteiger partial charge in [-0.3, -0.25) is 0 Å². The molecule has 0 aliphatic carbocycles. The zero-order valence-corrected chi connectivity index (χ0v) is 20.9. The number of nitrogens with one attached hydrogen (secondary N) is 1. The van der Waals surface area contributed by atoms with Crippen LogP contribution < -0.4 is 10.2 Å². The molecule has 2 aliphatic heterocycles. The van der Waals surface area contributed by atoms with Crippen LogP contribution in [0.2, 0.25) is 0 Å². The highest BCUT2D eigenvalue weighted by atomic mass is 16.7. The zero-order chi connectivity index (χ0) is 25.3. The summed E-state index contributed by atoms with van der Waals surface area (Å²) in [7, 11) is 0. The van der Waals surface area contributed by atoms with Gasteiger partial charge >= 0.3 is 6.09 Å². The third-order valence-electron chi connectivity index (χ3n) is 6.79. The van der Waals surface area contributed by atoms with E-state index in [2.05, 4.69) is 39.4 Å². The highest BCUT2D eigenvalue weighted by Gasteiger charge is 2.43. The van der Waals surface area contributed by atoms with Crippen LogP contribution in [0.15, 0.2) is 47.0 Å². The Morgan fingerprint density at radius 3 is 2.58 bits per heavy atom. The van der Waals surface area contributed by atoms with E-state index >= 15 is 0 Å². The Bertz CT molecular complexity index is 1230. The fourth-order valence-electron chi connectivity index (χ4n) is 4.93. The van der Waals surface area contributed by atoms with Crippen LogP contribution in [-0.2, 0) is 22.3 Å². The molecule has 0 saturated carbocycles. The van der Waals surface area contributed by atoms with Crippen molar-refractivity contribution in [3.05, 3.63) is 53.6 Å². The summed E-state index contributed by atoms with van der Waals surface area (Å²) in [5, 5.41) is 16.4. The number of hydrogen-bond donors (Lipinski definition) is 2. The van der Waals surface area contributed by atoms with Gasteiger partial charge < -0.3 is 29.3 Å². The molecule has 1 fully saturated rings.